The van der Waals surface area contributed by atoms with E-state index in [1.54, 1.807) is 13.0 Å². The van der Waals surface area contributed by atoms with Crippen LogP contribution in [0.2, 0.25) is 0 Å². The van der Waals surface area contributed by atoms with Crippen molar-refractivity contribution in [2.75, 3.05) is 0 Å². The average molecular weight is 749 g/mol. The molecule has 0 unspecified atom stereocenters. The lowest BCUT2D eigenvalue weighted by Crippen LogP contribution is -2.54. The van der Waals surface area contributed by atoms with E-state index in [1.165, 1.54) is 36.4 Å². The molecule has 0 atom stereocenters. The number of hydrogen-bond acceptors (Lipinski definition) is 6. The van der Waals surface area contributed by atoms with Gasteiger partial charge in [0.2, 0.25) is 5.41 Å². The third-order valence-electron chi connectivity index (χ3n) is 10.9. The Balaban J connectivity index is 0.974. The Morgan fingerprint density at radius 3 is 1.35 bits per heavy atom. The summed E-state index contributed by atoms with van der Waals surface area (Å²) in [6, 6.07) is 19.2. The first kappa shape index (κ1) is 34.7. The largest absolute Gasteiger partial charge is 0.507 e. The van der Waals surface area contributed by atoms with Crippen LogP contribution >= 0.6 is 0 Å². The zero-order valence-corrected chi connectivity index (χ0v) is 29.4. The predicted molar refractivity (Wildman–Crippen MR) is 199 cm³/mol. The molecule has 276 valence electrons. The van der Waals surface area contributed by atoms with E-state index in [0.29, 0.717) is 70.0 Å². The van der Waals surface area contributed by atoms with Crippen LogP contribution in [0.15, 0.2) is 105 Å². The van der Waals surface area contributed by atoms with Crippen LogP contribution in [0.25, 0.3) is 0 Å². The van der Waals surface area contributed by atoms with E-state index in [4.69, 9.17) is 9.98 Å². The second-order valence-corrected chi connectivity index (χ2v) is 14.5. The molecule has 0 saturated heterocycles. The van der Waals surface area contributed by atoms with E-state index in [2.05, 4.69) is 16.1 Å². The van der Waals surface area contributed by atoms with Gasteiger partial charge in [0.05, 0.1) is 39.9 Å². The number of aryl methyl sites for hydroxylation is 1. The zero-order chi connectivity index (χ0) is 38.6. The van der Waals surface area contributed by atoms with Crippen molar-refractivity contribution in [3.8, 4) is 11.5 Å². The van der Waals surface area contributed by atoms with Crippen molar-refractivity contribution in [2.24, 2.45) is 20.0 Å². The molecule has 4 aliphatic heterocycles. The summed E-state index contributed by atoms with van der Waals surface area (Å²) in [6.07, 6.45) is -9.38. The fraction of sp³-hybridized carbons (Fsp3) is 0.209. The number of hydrogen-bond donors (Lipinski definition) is 2. The monoisotopic (exact) mass is 748 g/mol. The Hall–Kier alpha value is -6.04. The molecule has 0 radical (unpaired) electrons. The van der Waals surface area contributed by atoms with Crippen LogP contribution in [0.5, 0.6) is 11.5 Å². The number of aliphatic imine (C=N–C) groups is 4. The molecular formula is C43H30F6N4O2. The fourth-order valence-electron chi connectivity index (χ4n) is 8.16. The Bertz CT molecular complexity index is 2580. The third-order valence-corrected chi connectivity index (χ3v) is 10.9. The maximum atomic E-state index is 14.6. The molecule has 5 aromatic rings. The molecule has 55 heavy (non-hydrogen) atoms. The number of aromatic hydroxyl groups is 2. The van der Waals surface area contributed by atoms with Gasteiger partial charge in [-0.2, -0.15) is 26.3 Å². The van der Waals surface area contributed by atoms with E-state index < -0.39 is 28.9 Å². The summed E-state index contributed by atoms with van der Waals surface area (Å²) in [5, 5.41) is 22.3. The Morgan fingerprint density at radius 1 is 0.473 bits per heavy atom. The molecule has 0 amide bonds. The molecule has 4 aliphatic rings. The van der Waals surface area contributed by atoms with Gasteiger partial charge in [-0.15, -0.1) is 0 Å². The third kappa shape index (κ3) is 5.48. The number of rotatable bonds is 5. The van der Waals surface area contributed by atoms with Crippen molar-refractivity contribution in [3.63, 3.8) is 0 Å². The van der Waals surface area contributed by atoms with Crippen LogP contribution in [0, 0.1) is 6.92 Å². The maximum Gasteiger partial charge on any atom is 0.411 e. The van der Waals surface area contributed by atoms with E-state index in [0.717, 1.165) is 70.0 Å². The predicted octanol–water partition coefficient (Wildman–Crippen LogP) is 10.5. The van der Waals surface area contributed by atoms with Crippen molar-refractivity contribution < 1.29 is 36.6 Å². The highest BCUT2D eigenvalue weighted by Gasteiger charge is 2.72. The minimum Gasteiger partial charge on any atom is -0.507 e. The number of phenolic OH excluding ortho intramolecular Hbond substituents is 2. The van der Waals surface area contributed by atoms with E-state index in [9.17, 15) is 36.6 Å². The fourth-order valence-corrected chi connectivity index (χ4v) is 8.16. The summed E-state index contributed by atoms with van der Waals surface area (Å²) < 4.78 is 87.6. The summed E-state index contributed by atoms with van der Waals surface area (Å²) in [4.78, 5) is 18.7. The lowest BCUT2D eigenvalue weighted by atomic mass is 9.72. The molecule has 0 bridgehead atoms. The lowest BCUT2D eigenvalue weighted by molar-refractivity contribution is -0.288. The Morgan fingerprint density at radius 2 is 0.873 bits per heavy atom. The number of alkyl halides is 6. The highest BCUT2D eigenvalue weighted by molar-refractivity contribution is 6.13. The van der Waals surface area contributed by atoms with Crippen LogP contribution < -0.4 is 0 Å². The zero-order valence-electron chi connectivity index (χ0n) is 29.4. The van der Waals surface area contributed by atoms with Crippen LogP contribution in [-0.2, 0) is 31.1 Å². The Kier molecular flexibility index (Phi) is 7.56. The SMILES string of the molecule is CC1=Nc2cc3c(cc2C1)CC(c1cc(O)c(C2=Nc4cc5c(cc4C2)CC(c2ccc(C(c4ccc(C)cc4)(C(F)(F)F)C(F)(F)F)cc2)=N5)cc1O)=N3. The lowest BCUT2D eigenvalue weighted by Gasteiger charge is -2.38. The minimum absolute atomic E-state index is 0.0382. The molecule has 5 aromatic carbocycles. The summed E-state index contributed by atoms with van der Waals surface area (Å²) in [5.74, 6) is -0.0942. The number of nitrogens with zero attached hydrogens (tertiary/aromatic N) is 4. The van der Waals surface area contributed by atoms with Crippen molar-refractivity contribution >= 4 is 45.6 Å². The summed E-state index contributed by atoms with van der Waals surface area (Å²) in [7, 11) is 0. The average Bonchev–Trinajstić information content (AvgIpc) is 3.90. The Labute approximate surface area is 311 Å². The smallest absolute Gasteiger partial charge is 0.411 e. The van der Waals surface area contributed by atoms with Gasteiger partial charge in [-0.05, 0) is 77.1 Å². The van der Waals surface area contributed by atoms with Crippen LogP contribution in [0.1, 0.15) is 62.6 Å². The van der Waals surface area contributed by atoms with E-state index >= 15 is 0 Å². The van der Waals surface area contributed by atoms with Gasteiger partial charge in [-0.3, -0.25) is 20.0 Å². The normalized spacial score (nSPS) is 15.9. The van der Waals surface area contributed by atoms with Gasteiger partial charge in [-0.25, -0.2) is 0 Å². The number of benzene rings is 5. The first-order valence-corrected chi connectivity index (χ1v) is 17.6. The first-order valence-electron chi connectivity index (χ1n) is 17.6. The molecule has 0 saturated carbocycles. The van der Waals surface area contributed by atoms with Gasteiger partial charge in [0.25, 0.3) is 0 Å². The van der Waals surface area contributed by atoms with E-state index in [-0.39, 0.29) is 11.5 Å². The second kappa shape index (κ2) is 12.0. The number of fused-ring (bicyclic) bond motifs is 4. The molecule has 0 aromatic heterocycles. The second-order valence-electron chi connectivity index (χ2n) is 14.5. The molecule has 0 fully saturated rings. The van der Waals surface area contributed by atoms with Crippen LogP contribution in [-0.4, -0.2) is 45.4 Å². The van der Waals surface area contributed by atoms with Crippen molar-refractivity contribution in [3.05, 3.63) is 141 Å². The summed E-state index contributed by atoms with van der Waals surface area (Å²) in [5.41, 5.74) is 5.16. The van der Waals surface area contributed by atoms with Gasteiger partial charge >= 0.3 is 12.4 Å². The standard InChI is InChI=1S/C43H30F6N4O2/c1-21-3-7-28(8-4-21)41(42(44,45)46,43(47,48)49)29-9-5-23(6-10-29)32-14-25-13-27-16-38(53-36(27)20-34(25)51-32)31-18-39(54)30(17-40(31)55)37-15-26-12-24-11-22(2)50-33(24)19-35(26)52-37/h3-10,12-13,17-20,54-55H,11,14-16H2,1-2H3. The number of halogens is 6. The van der Waals surface area contributed by atoms with Gasteiger partial charge in [-0.1, -0.05) is 66.2 Å². The van der Waals surface area contributed by atoms with E-state index in [1.807, 2.05) is 19.1 Å². The topological polar surface area (TPSA) is 89.9 Å². The molecule has 2 N–H and O–H groups in total. The molecule has 0 spiro atoms. The van der Waals surface area contributed by atoms with Crippen molar-refractivity contribution in [2.45, 2.75) is 57.3 Å². The van der Waals surface area contributed by atoms with Crippen LogP contribution in [0.4, 0.5) is 49.1 Å². The van der Waals surface area contributed by atoms with Crippen molar-refractivity contribution in [1.82, 2.24) is 0 Å². The van der Waals surface area contributed by atoms with Gasteiger partial charge in [0, 0.05) is 42.5 Å². The molecular weight excluding hydrogens is 718 g/mol. The minimum atomic E-state index is -5.67. The quantitative estimate of drug-likeness (QED) is 0.138. The molecule has 9 rings (SSSR count). The molecule has 6 nitrogen and oxygen atoms in total. The first-order chi connectivity index (χ1) is 26.1. The van der Waals surface area contributed by atoms with Gasteiger partial charge < -0.3 is 10.2 Å². The number of phenols is 2. The molecule has 12 heteroatoms. The summed E-state index contributed by atoms with van der Waals surface area (Å²) in [6.45, 7) is 3.58. The summed E-state index contributed by atoms with van der Waals surface area (Å²) >= 11 is 0. The van der Waals surface area contributed by atoms with Crippen molar-refractivity contribution in [1.29, 1.82) is 0 Å². The van der Waals surface area contributed by atoms with Gasteiger partial charge in [0.1, 0.15) is 11.5 Å². The molecule has 4 heterocycles. The highest BCUT2D eigenvalue weighted by Crippen LogP contribution is 2.56. The van der Waals surface area contributed by atoms with Gasteiger partial charge in [0.15, 0.2) is 0 Å². The van der Waals surface area contributed by atoms with Crippen LogP contribution in [0.3, 0.4) is 0 Å². The molecule has 0 aliphatic carbocycles. The highest BCUT2D eigenvalue weighted by atomic mass is 19.4. The maximum absolute atomic E-state index is 14.6.